The largest absolute Gasteiger partial charge is 0.495 e. The van der Waals surface area contributed by atoms with Crippen LogP contribution in [0.15, 0.2) is 59.5 Å². The van der Waals surface area contributed by atoms with Gasteiger partial charge in [-0.05, 0) is 29.8 Å². The third-order valence-corrected chi connectivity index (χ3v) is 5.25. The molecule has 6 nitrogen and oxygen atoms in total. The molecule has 1 N–H and O–H groups in total. The van der Waals surface area contributed by atoms with Crippen LogP contribution in [-0.4, -0.2) is 39.8 Å². The summed E-state index contributed by atoms with van der Waals surface area (Å²) >= 11 is 0. The summed E-state index contributed by atoms with van der Waals surface area (Å²) in [5, 5.41) is 2.65. The number of hydrogen-bond donors (Lipinski definition) is 1. The van der Waals surface area contributed by atoms with Crippen molar-refractivity contribution in [1.82, 2.24) is 4.31 Å². The van der Waals surface area contributed by atoms with Gasteiger partial charge in [0.05, 0.1) is 17.7 Å². The van der Waals surface area contributed by atoms with E-state index in [0.717, 1.165) is 9.87 Å². The maximum atomic E-state index is 12.2. The summed E-state index contributed by atoms with van der Waals surface area (Å²) in [6, 6.07) is 13.7. The van der Waals surface area contributed by atoms with Crippen molar-refractivity contribution in [2.24, 2.45) is 0 Å². The van der Waals surface area contributed by atoms with Crippen molar-refractivity contribution >= 4 is 27.7 Å². The predicted molar refractivity (Wildman–Crippen MR) is 98.0 cm³/mol. The molecule has 0 fully saturated rings. The Morgan fingerprint density at radius 1 is 1.12 bits per heavy atom. The Morgan fingerprint density at radius 3 is 2.40 bits per heavy atom. The van der Waals surface area contributed by atoms with Crippen molar-refractivity contribution in [2.45, 2.75) is 4.90 Å². The average Bonchev–Trinajstić information content (AvgIpc) is 2.60. The third kappa shape index (κ3) is 4.68. The van der Waals surface area contributed by atoms with Crippen LogP contribution in [-0.2, 0) is 14.8 Å². The fraction of sp³-hybridized carbons (Fsp3) is 0.167. The van der Waals surface area contributed by atoms with Gasteiger partial charge < -0.3 is 10.1 Å². The lowest BCUT2D eigenvalue weighted by molar-refractivity contribution is -0.111. The lowest BCUT2D eigenvalue weighted by atomic mass is 10.2. The Bertz CT molecular complexity index is 875. The molecule has 2 rings (SSSR count). The minimum Gasteiger partial charge on any atom is -0.495 e. The summed E-state index contributed by atoms with van der Waals surface area (Å²) in [6.45, 7) is 0. The molecular weight excluding hydrogens is 340 g/mol. The second-order valence-electron chi connectivity index (χ2n) is 5.38. The number of sulfonamides is 1. The third-order valence-electron chi connectivity index (χ3n) is 3.43. The van der Waals surface area contributed by atoms with Gasteiger partial charge in [-0.3, -0.25) is 4.79 Å². The van der Waals surface area contributed by atoms with Crippen molar-refractivity contribution in [3.63, 3.8) is 0 Å². The van der Waals surface area contributed by atoms with Crippen molar-refractivity contribution in [3.05, 3.63) is 60.2 Å². The number of carbonyl (C=O) groups is 1. The molecule has 0 aromatic heterocycles. The molecule has 132 valence electrons. The van der Waals surface area contributed by atoms with Gasteiger partial charge in [-0.15, -0.1) is 0 Å². The highest BCUT2D eigenvalue weighted by molar-refractivity contribution is 7.89. The number of rotatable bonds is 6. The van der Waals surface area contributed by atoms with E-state index in [4.69, 9.17) is 4.74 Å². The first kappa shape index (κ1) is 18.7. The van der Waals surface area contributed by atoms with Crippen molar-refractivity contribution < 1.29 is 17.9 Å². The first-order valence-electron chi connectivity index (χ1n) is 7.49. The minimum atomic E-state index is -3.61. The molecule has 0 unspecified atom stereocenters. The second-order valence-corrected chi connectivity index (χ2v) is 7.53. The highest BCUT2D eigenvalue weighted by Gasteiger charge is 2.19. The Labute approximate surface area is 147 Å². The topological polar surface area (TPSA) is 75.7 Å². The zero-order valence-electron chi connectivity index (χ0n) is 14.3. The number of ether oxygens (including phenoxy) is 1. The smallest absolute Gasteiger partial charge is 0.248 e. The number of nitrogens with zero attached hydrogens (tertiary/aromatic N) is 1. The van der Waals surface area contributed by atoms with Crippen LogP contribution < -0.4 is 10.1 Å². The summed E-state index contributed by atoms with van der Waals surface area (Å²) in [7, 11) is 0.732. The maximum absolute atomic E-state index is 12.2. The predicted octanol–water partition coefficient (Wildman–Crippen LogP) is 2.60. The molecule has 0 aliphatic heterocycles. The molecule has 0 radical (unpaired) electrons. The zero-order chi connectivity index (χ0) is 18.4. The standard InChI is InChI=1S/C18H20N2O4S/c1-20(2)25(22,23)15-10-11-17(24-3)16(13-15)19-18(21)12-9-14-7-5-4-6-8-14/h4-13H,1-3H3,(H,19,21)/b12-9+. The van der Waals surface area contributed by atoms with Gasteiger partial charge in [-0.2, -0.15) is 0 Å². The van der Waals surface area contributed by atoms with Gasteiger partial charge in [0.15, 0.2) is 0 Å². The summed E-state index contributed by atoms with van der Waals surface area (Å²) in [5.41, 5.74) is 1.17. The Balaban J connectivity index is 2.25. The first-order valence-corrected chi connectivity index (χ1v) is 8.93. The molecule has 0 bridgehead atoms. The first-order chi connectivity index (χ1) is 11.8. The average molecular weight is 360 g/mol. The molecule has 2 aromatic rings. The second kappa shape index (κ2) is 7.96. The summed E-state index contributed by atoms with van der Waals surface area (Å²) in [4.78, 5) is 12.2. The molecule has 0 aliphatic rings. The number of benzene rings is 2. The van der Waals surface area contributed by atoms with E-state index in [1.807, 2.05) is 30.3 Å². The highest BCUT2D eigenvalue weighted by Crippen LogP contribution is 2.28. The molecule has 0 aliphatic carbocycles. The van der Waals surface area contributed by atoms with Gasteiger partial charge >= 0.3 is 0 Å². The van der Waals surface area contributed by atoms with Crippen LogP contribution in [0, 0.1) is 0 Å². The van der Waals surface area contributed by atoms with Crippen LogP contribution in [0.25, 0.3) is 6.08 Å². The van der Waals surface area contributed by atoms with Gasteiger partial charge in [0.1, 0.15) is 5.75 Å². The van der Waals surface area contributed by atoms with Crippen LogP contribution in [0.4, 0.5) is 5.69 Å². The fourth-order valence-electron chi connectivity index (χ4n) is 2.07. The normalized spacial score (nSPS) is 11.7. The Morgan fingerprint density at radius 2 is 1.80 bits per heavy atom. The highest BCUT2D eigenvalue weighted by atomic mass is 32.2. The molecule has 0 atom stereocenters. The van der Waals surface area contributed by atoms with Crippen LogP contribution in [0.1, 0.15) is 5.56 Å². The number of anilines is 1. The van der Waals surface area contributed by atoms with E-state index in [9.17, 15) is 13.2 Å². The van der Waals surface area contributed by atoms with Crippen molar-refractivity contribution in [3.8, 4) is 5.75 Å². The summed E-state index contributed by atoms with van der Waals surface area (Å²) in [6.07, 6.45) is 3.05. The van der Waals surface area contributed by atoms with Crippen molar-refractivity contribution in [1.29, 1.82) is 0 Å². The number of amides is 1. The van der Waals surface area contributed by atoms with E-state index < -0.39 is 10.0 Å². The number of hydrogen-bond acceptors (Lipinski definition) is 4. The van der Waals surface area contributed by atoms with E-state index >= 15 is 0 Å². The maximum Gasteiger partial charge on any atom is 0.248 e. The lowest BCUT2D eigenvalue weighted by Gasteiger charge is -2.14. The molecule has 25 heavy (non-hydrogen) atoms. The van der Waals surface area contributed by atoms with Gasteiger partial charge in [-0.1, -0.05) is 30.3 Å². The molecule has 0 spiro atoms. The van der Waals surface area contributed by atoms with Crippen LogP contribution >= 0.6 is 0 Å². The van der Waals surface area contributed by atoms with E-state index in [1.165, 1.54) is 45.5 Å². The van der Waals surface area contributed by atoms with E-state index in [2.05, 4.69) is 5.32 Å². The van der Waals surface area contributed by atoms with E-state index in [-0.39, 0.29) is 16.5 Å². The molecular formula is C18H20N2O4S. The SMILES string of the molecule is COc1ccc(S(=O)(=O)N(C)C)cc1NC(=O)/C=C/c1ccccc1. The van der Waals surface area contributed by atoms with Crippen molar-refractivity contribution in [2.75, 3.05) is 26.5 Å². The number of methoxy groups -OCH3 is 1. The molecule has 0 saturated heterocycles. The van der Waals surface area contributed by atoms with E-state index in [0.29, 0.717) is 5.75 Å². The molecule has 0 heterocycles. The number of carbonyl (C=O) groups excluding carboxylic acids is 1. The van der Waals surface area contributed by atoms with Gasteiger partial charge in [-0.25, -0.2) is 12.7 Å². The minimum absolute atomic E-state index is 0.0700. The Hall–Kier alpha value is -2.64. The molecule has 2 aromatic carbocycles. The Kier molecular flexibility index (Phi) is 5.95. The number of nitrogens with one attached hydrogen (secondary N) is 1. The van der Waals surface area contributed by atoms with Crippen LogP contribution in [0.5, 0.6) is 5.75 Å². The van der Waals surface area contributed by atoms with Gasteiger partial charge in [0.25, 0.3) is 0 Å². The quantitative estimate of drug-likeness (QED) is 0.804. The summed E-state index contributed by atoms with van der Waals surface area (Å²) in [5.74, 6) is -0.0132. The monoisotopic (exact) mass is 360 g/mol. The molecule has 1 amide bonds. The zero-order valence-corrected chi connectivity index (χ0v) is 15.1. The fourth-order valence-corrected chi connectivity index (χ4v) is 2.99. The molecule has 0 saturated carbocycles. The van der Waals surface area contributed by atoms with E-state index in [1.54, 1.807) is 6.08 Å². The van der Waals surface area contributed by atoms with Crippen LogP contribution in [0.2, 0.25) is 0 Å². The summed E-state index contributed by atoms with van der Waals surface area (Å²) < 4.78 is 30.8. The lowest BCUT2D eigenvalue weighted by Crippen LogP contribution is -2.22. The van der Waals surface area contributed by atoms with Gasteiger partial charge in [0, 0.05) is 20.2 Å². The van der Waals surface area contributed by atoms with Gasteiger partial charge in [0.2, 0.25) is 15.9 Å². The van der Waals surface area contributed by atoms with Crippen LogP contribution in [0.3, 0.4) is 0 Å². The molecule has 7 heteroatoms.